The smallest absolute Gasteiger partial charge is 0.0590 e. The zero-order valence-electron chi connectivity index (χ0n) is 10.4. The van der Waals surface area contributed by atoms with Crippen LogP contribution in [-0.4, -0.2) is 52.7 Å². The van der Waals surface area contributed by atoms with Crippen LogP contribution in [0.25, 0.3) is 0 Å². The fourth-order valence-electron chi connectivity index (χ4n) is 1.81. The Kier molecular flexibility index (Phi) is 8.71. The van der Waals surface area contributed by atoms with Crippen molar-refractivity contribution in [1.29, 1.82) is 0 Å². The first kappa shape index (κ1) is 13.9. The molecule has 0 aromatic carbocycles. The first-order valence-electron chi connectivity index (χ1n) is 6.32. The molecule has 0 aromatic heterocycles. The summed E-state index contributed by atoms with van der Waals surface area (Å²) in [6.45, 7) is 5.28. The first-order valence-corrected chi connectivity index (χ1v) is 6.32. The highest BCUT2D eigenvalue weighted by molar-refractivity contribution is 4.65. The summed E-state index contributed by atoms with van der Waals surface area (Å²) < 4.78 is 15.9. The van der Waals surface area contributed by atoms with Gasteiger partial charge in [0.15, 0.2) is 0 Å². The Balaban J connectivity index is 1.71. The summed E-state index contributed by atoms with van der Waals surface area (Å²) >= 11 is 0. The zero-order chi connectivity index (χ0) is 11.5. The van der Waals surface area contributed by atoms with E-state index in [-0.39, 0.29) is 0 Å². The number of hydrogen-bond donors (Lipinski definition) is 1. The van der Waals surface area contributed by atoms with E-state index in [4.69, 9.17) is 14.2 Å². The average molecular weight is 231 g/mol. The molecular formula is C12H25NO3. The number of methoxy groups -OCH3 is 1. The van der Waals surface area contributed by atoms with Crippen molar-refractivity contribution >= 4 is 0 Å². The minimum Gasteiger partial charge on any atom is -0.385 e. The second-order valence-electron chi connectivity index (χ2n) is 4.13. The van der Waals surface area contributed by atoms with Gasteiger partial charge in [-0.05, 0) is 32.2 Å². The molecule has 1 atom stereocenters. The standard InChI is InChI=1S/C12H25NO3/c1-14-8-3-9-15-11-7-13-6-5-12-4-2-10-16-12/h12-13H,2-11H2,1H3. The van der Waals surface area contributed by atoms with Crippen molar-refractivity contribution in [2.24, 2.45) is 0 Å². The lowest BCUT2D eigenvalue weighted by molar-refractivity contribution is 0.0965. The molecule has 4 heteroatoms. The van der Waals surface area contributed by atoms with Crippen LogP contribution in [0.2, 0.25) is 0 Å². The lowest BCUT2D eigenvalue weighted by atomic mass is 10.2. The SMILES string of the molecule is COCCCOCCNCCC1CCCO1. The maximum atomic E-state index is 5.54. The van der Waals surface area contributed by atoms with Gasteiger partial charge in [0, 0.05) is 33.5 Å². The van der Waals surface area contributed by atoms with Crippen LogP contribution in [0.3, 0.4) is 0 Å². The van der Waals surface area contributed by atoms with E-state index in [1.54, 1.807) is 7.11 Å². The summed E-state index contributed by atoms with van der Waals surface area (Å²) in [7, 11) is 1.71. The van der Waals surface area contributed by atoms with Gasteiger partial charge in [0.2, 0.25) is 0 Å². The quantitative estimate of drug-likeness (QED) is 0.573. The molecule has 4 nitrogen and oxygen atoms in total. The van der Waals surface area contributed by atoms with E-state index in [0.717, 1.165) is 52.4 Å². The van der Waals surface area contributed by atoms with Gasteiger partial charge in [-0.2, -0.15) is 0 Å². The van der Waals surface area contributed by atoms with Crippen molar-refractivity contribution < 1.29 is 14.2 Å². The number of nitrogens with one attached hydrogen (secondary N) is 1. The summed E-state index contributed by atoms with van der Waals surface area (Å²) in [4.78, 5) is 0. The van der Waals surface area contributed by atoms with Crippen LogP contribution >= 0.6 is 0 Å². The molecule has 1 saturated heterocycles. The third kappa shape index (κ3) is 7.17. The lowest BCUT2D eigenvalue weighted by Crippen LogP contribution is -2.24. The van der Waals surface area contributed by atoms with Crippen molar-refractivity contribution in [1.82, 2.24) is 5.32 Å². The molecule has 1 aliphatic rings. The molecule has 0 spiro atoms. The van der Waals surface area contributed by atoms with Crippen molar-refractivity contribution in [3.63, 3.8) is 0 Å². The first-order chi connectivity index (χ1) is 7.93. The fourth-order valence-corrected chi connectivity index (χ4v) is 1.81. The molecule has 0 bridgehead atoms. The minimum absolute atomic E-state index is 0.495. The van der Waals surface area contributed by atoms with Gasteiger partial charge in [-0.3, -0.25) is 0 Å². The van der Waals surface area contributed by atoms with E-state index in [0.29, 0.717) is 6.10 Å². The third-order valence-corrected chi connectivity index (χ3v) is 2.73. The molecule has 1 N–H and O–H groups in total. The van der Waals surface area contributed by atoms with Crippen molar-refractivity contribution in [2.45, 2.75) is 31.8 Å². The Morgan fingerprint density at radius 2 is 2.19 bits per heavy atom. The molecule has 0 saturated carbocycles. The molecule has 16 heavy (non-hydrogen) atoms. The van der Waals surface area contributed by atoms with E-state index in [2.05, 4.69) is 5.32 Å². The van der Waals surface area contributed by atoms with E-state index in [1.807, 2.05) is 0 Å². The summed E-state index contributed by atoms with van der Waals surface area (Å²) in [5.41, 5.74) is 0. The van der Waals surface area contributed by atoms with Crippen molar-refractivity contribution in [2.75, 3.05) is 46.6 Å². The molecule has 1 aliphatic heterocycles. The highest BCUT2D eigenvalue weighted by Gasteiger charge is 2.13. The predicted octanol–water partition coefficient (Wildman–Crippen LogP) is 1.20. The molecule has 0 aromatic rings. The molecule has 1 rings (SSSR count). The van der Waals surface area contributed by atoms with Crippen LogP contribution in [0.1, 0.15) is 25.7 Å². The average Bonchev–Trinajstić information content (AvgIpc) is 2.80. The zero-order valence-corrected chi connectivity index (χ0v) is 10.4. The highest BCUT2D eigenvalue weighted by Crippen LogP contribution is 2.14. The largest absolute Gasteiger partial charge is 0.385 e. The molecule has 0 aliphatic carbocycles. The summed E-state index contributed by atoms with van der Waals surface area (Å²) in [5, 5.41) is 3.37. The maximum Gasteiger partial charge on any atom is 0.0590 e. The molecule has 0 radical (unpaired) electrons. The molecule has 0 amide bonds. The van der Waals surface area contributed by atoms with Crippen LogP contribution < -0.4 is 5.32 Å². The second-order valence-corrected chi connectivity index (χ2v) is 4.13. The fraction of sp³-hybridized carbons (Fsp3) is 1.00. The van der Waals surface area contributed by atoms with Gasteiger partial charge in [0.1, 0.15) is 0 Å². The Morgan fingerprint density at radius 1 is 1.25 bits per heavy atom. The molecule has 1 unspecified atom stereocenters. The Morgan fingerprint density at radius 3 is 2.94 bits per heavy atom. The van der Waals surface area contributed by atoms with Crippen LogP contribution in [0, 0.1) is 0 Å². The Bertz CT molecular complexity index is 149. The Labute approximate surface area is 98.6 Å². The molecular weight excluding hydrogens is 206 g/mol. The van der Waals surface area contributed by atoms with Gasteiger partial charge in [-0.25, -0.2) is 0 Å². The van der Waals surface area contributed by atoms with Gasteiger partial charge in [-0.15, -0.1) is 0 Å². The Hall–Kier alpha value is -0.160. The summed E-state index contributed by atoms with van der Waals surface area (Å²) in [5.74, 6) is 0. The van der Waals surface area contributed by atoms with Crippen molar-refractivity contribution in [3.05, 3.63) is 0 Å². The van der Waals surface area contributed by atoms with Crippen molar-refractivity contribution in [3.8, 4) is 0 Å². The van der Waals surface area contributed by atoms with E-state index < -0.39 is 0 Å². The molecule has 96 valence electrons. The van der Waals surface area contributed by atoms with Gasteiger partial charge < -0.3 is 19.5 Å². The number of hydrogen-bond acceptors (Lipinski definition) is 4. The van der Waals surface area contributed by atoms with Crippen LogP contribution in [0.5, 0.6) is 0 Å². The third-order valence-electron chi connectivity index (χ3n) is 2.73. The normalized spacial score (nSPS) is 20.4. The molecule has 1 heterocycles. The van der Waals surface area contributed by atoms with E-state index >= 15 is 0 Å². The van der Waals surface area contributed by atoms with E-state index in [9.17, 15) is 0 Å². The van der Waals surface area contributed by atoms with Gasteiger partial charge >= 0.3 is 0 Å². The molecule has 1 fully saturated rings. The second kappa shape index (κ2) is 10.0. The topological polar surface area (TPSA) is 39.7 Å². The van der Waals surface area contributed by atoms with E-state index in [1.165, 1.54) is 12.8 Å². The van der Waals surface area contributed by atoms with Crippen LogP contribution in [-0.2, 0) is 14.2 Å². The van der Waals surface area contributed by atoms with Gasteiger partial charge in [0.25, 0.3) is 0 Å². The van der Waals surface area contributed by atoms with Gasteiger partial charge in [0.05, 0.1) is 12.7 Å². The summed E-state index contributed by atoms with van der Waals surface area (Å²) in [6.07, 6.45) is 5.06. The number of rotatable bonds is 10. The highest BCUT2D eigenvalue weighted by atomic mass is 16.5. The van der Waals surface area contributed by atoms with Crippen LogP contribution in [0.4, 0.5) is 0 Å². The van der Waals surface area contributed by atoms with Crippen LogP contribution in [0.15, 0.2) is 0 Å². The monoisotopic (exact) mass is 231 g/mol. The predicted molar refractivity (Wildman–Crippen MR) is 63.8 cm³/mol. The lowest BCUT2D eigenvalue weighted by Gasteiger charge is -2.10. The van der Waals surface area contributed by atoms with Gasteiger partial charge in [-0.1, -0.05) is 0 Å². The minimum atomic E-state index is 0.495. The summed E-state index contributed by atoms with van der Waals surface area (Å²) in [6, 6.07) is 0. The number of ether oxygens (including phenoxy) is 3. The maximum absolute atomic E-state index is 5.54.